The molecule has 0 unspecified atom stereocenters. The SMILES string of the molecule is O=C(O)CCCCCCCCCCCCCCCCCC=CC(=O)Oc1ccccc1. The molecule has 31 heavy (non-hydrogen) atoms. The molecule has 1 aromatic carbocycles. The van der Waals surface area contributed by atoms with Crippen molar-refractivity contribution >= 4 is 11.9 Å². The zero-order valence-corrected chi connectivity index (χ0v) is 19.2. The smallest absolute Gasteiger partial charge is 0.335 e. The molecule has 0 spiro atoms. The number of benzene rings is 1. The van der Waals surface area contributed by atoms with E-state index >= 15 is 0 Å². The lowest BCUT2D eigenvalue weighted by atomic mass is 10.0. The molecule has 0 aliphatic carbocycles. The lowest BCUT2D eigenvalue weighted by molar-refractivity contribution is -0.137. The molecular formula is C27H42O4. The zero-order chi connectivity index (χ0) is 22.4. The second-order valence-electron chi connectivity index (χ2n) is 8.37. The summed E-state index contributed by atoms with van der Waals surface area (Å²) in [5, 5.41) is 8.59. The summed E-state index contributed by atoms with van der Waals surface area (Å²) in [6.07, 6.45) is 23.3. The minimum Gasteiger partial charge on any atom is -0.481 e. The number of aliphatic carboxylic acids is 1. The summed E-state index contributed by atoms with van der Waals surface area (Å²) >= 11 is 0. The molecule has 0 bridgehead atoms. The van der Waals surface area contributed by atoms with Crippen LogP contribution in [0.5, 0.6) is 5.75 Å². The number of hydrogen-bond acceptors (Lipinski definition) is 3. The average molecular weight is 431 g/mol. The predicted octanol–water partition coefficient (Wildman–Crippen LogP) is 7.86. The van der Waals surface area contributed by atoms with E-state index in [9.17, 15) is 9.59 Å². The van der Waals surface area contributed by atoms with Gasteiger partial charge in [-0.25, -0.2) is 4.79 Å². The minimum atomic E-state index is -0.671. The molecule has 4 nitrogen and oxygen atoms in total. The largest absolute Gasteiger partial charge is 0.481 e. The third-order valence-electron chi connectivity index (χ3n) is 5.48. The molecular weight excluding hydrogens is 388 g/mol. The highest BCUT2D eigenvalue weighted by molar-refractivity contribution is 5.83. The Bertz CT molecular complexity index is 595. The van der Waals surface area contributed by atoms with E-state index in [4.69, 9.17) is 9.84 Å². The van der Waals surface area contributed by atoms with Gasteiger partial charge in [-0.05, 0) is 31.4 Å². The molecule has 1 N–H and O–H groups in total. The molecule has 0 aliphatic rings. The summed E-state index contributed by atoms with van der Waals surface area (Å²) in [7, 11) is 0. The van der Waals surface area contributed by atoms with Crippen LogP contribution in [0, 0.1) is 0 Å². The number of allylic oxidation sites excluding steroid dienone is 1. The fourth-order valence-corrected chi connectivity index (χ4v) is 3.65. The van der Waals surface area contributed by atoms with E-state index in [0.29, 0.717) is 12.2 Å². The van der Waals surface area contributed by atoms with Crippen LogP contribution >= 0.6 is 0 Å². The maximum atomic E-state index is 11.7. The summed E-state index contributed by atoms with van der Waals surface area (Å²) < 4.78 is 5.21. The molecule has 0 aromatic heterocycles. The Hall–Kier alpha value is -2.10. The number of esters is 1. The highest BCUT2D eigenvalue weighted by Crippen LogP contribution is 2.14. The molecule has 0 aliphatic heterocycles. The van der Waals surface area contributed by atoms with Gasteiger partial charge < -0.3 is 9.84 Å². The second-order valence-corrected chi connectivity index (χ2v) is 8.37. The number of para-hydroxylation sites is 1. The van der Waals surface area contributed by atoms with Crippen LogP contribution in [0.4, 0.5) is 0 Å². The van der Waals surface area contributed by atoms with E-state index in [1.54, 1.807) is 12.1 Å². The molecule has 0 fully saturated rings. The molecule has 0 atom stereocenters. The van der Waals surface area contributed by atoms with Gasteiger partial charge in [-0.15, -0.1) is 0 Å². The molecule has 1 aromatic rings. The lowest BCUT2D eigenvalue weighted by Gasteiger charge is -2.03. The first-order chi connectivity index (χ1) is 15.2. The number of unbranched alkanes of at least 4 members (excludes halogenated alkanes) is 15. The monoisotopic (exact) mass is 430 g/mol. The van der Waals surface area contributed by atoms with Gasteiger partial charge in [0.05, 0.1) is 0 Å². The number of rotatable bonds is 20. The normalized spacial score (nSPS) is 11.1. The number of carbonyl (C=O) groups is 2. The standard InChI is InChI=1S/C27H42O4/c28-26(29)23-19-14-12-10-8-6-4-2-1-3-5-7-9-11-13-15-20-24-27(30)31-25-21-17-16-18-22-25/h16-18,20-22,24H,1-15,19,23H2,(H,28,29). The van der Waals surface area contributed by atoms with E-state index < -0.39 is 5.97 Å². The number of carbonyl (C=O) groups excluding carboxylic acids is 1. The Labute approximate surface area is 189 Å². The molecule has 0 radical (unpaired) electrons. The maximum Gasteiger partial charge on any atom is 0.335 e. The Morgan fingerprint density at radius 2 is 1.13 bits per heavy atom. The number of ether oxygens (including phenoxy) is 1. The lowest BCUT2D eigenvalue weighted by Crippen LogP contribution is -2.03. The highest BCUT2D eigenvalue weighted by Gasteiger charge is 1.99. The summed E-state index contributed by atoms with van der Waals surface area (Å²) in [5.74, 6) is -0.389. The van der Waals surface area contributed by atoms with Gasteiger partial charge in [0.1, 0.15) is 5.75 Å². The van der Waals surface area contributed by atoms with Gasteiger partial charge >= 0.3 is 11.9 Å². The highest BCUT2D eigenvalue weighted by atomic mass is 16.5. The van der Waals surface area contributed by atoms with Crippen molar-refractivity contribution in [1.29, 1.82) is 0 Å². The van der Waals surface area contributed by atoms with Gasteiger partial charge in [0.25, 0.3) is 0 Å². The van der Waals surface area contributed by atoms with Crippen molar-refractivity contribution in [2.24, 2.45) is 0 Å². The van der Waals surface area contributed by atoms with Crippen LogP contribution in [0.15, 0.2) is 42.5 Å². The molecule has 1 rings (SSSR count). The predicted molar refractivity (Wildman–Crippen MR) is 127 cm³/mol. The Kier molecular flexibility index (Phi) is 17.2. The van der Waals surface area contributed by atoms with Gasteiger partial charge in [0.2, 0.25) is 0 Å². The van der Waals surface area contributed by atoms with Crippen LogP contribution < -0.4 is 4.74 Å². The van der Waals surface area contributed by atoms with Crippen molar-refractivity contribution in [1.82, 2.24) is 0 Å². The second kappa shape index (κ2) is 19.8. The van der Waals surface area contributed by atoms with Crippen LogP contribution in [-0.4, -0.2) is 17.0 Å². The van der Waals surface area contributed by atoms with Crippen LogP contribution in [0.1, 0.15) is 109 Å². The summed E-state index contributed by atoms with van der Waals surface area (Å²) in [6, 6.07) is 9.16. The topological polar surface area (TPSA) is 63.6 Å². The van der Waals surface area contributed by atoms with Gasteiger partial charge in [-0.3, -0.25) is 4.79 Å². The molecule has 4 heteroatoms. The third kappa shape index (κ3) is 18.4. The van der Waals surface area contributed by atoms with Crippen molar-refractivity contribution in [3.8, 4) is 5.75 Å². The van der Waals surface area contributed by atoms with Crippen molar-refractivity contribution in [2.45, 2.75) is 109 Å². The molecule has 0 saturated carbocycles. The van der Waals surface area contributed by atoms with Crippen molar-refractivity contribution in [3.05, 3.63) is 42.5 Å². The fourth-order valence-electron chi connectivity index (χ4n) is 3.65. The first-order valence-corrected chi connectivity index (χ1v) is 12.3. The quantitative estimate of drug-likeness (QED) is 0.0989. The van der Waals surface area contributed by atoms with Crippen molar-refractivity contribution < 1.29 is 19.4 Å². The Balaban J connectivity index is 1.77. The zero-order valence-electron chi connectivity index (χ0n) is 19.2. The first kappa shape index (κ1) is 26.9. The maximum absolute atomic E-state index is 11.7. The van der Waals surface area contributed by atoms with Crippen LogP contribution in [0.3, 0.4) is 0 Å². The molecule has 0 heterocycles. The van der Waals surface area contributed by atoms with E-state index in [-0.39, 0.29) is 5.97 Å². The van der Waals surface area contributed by atoms with Gasteiger partial charge in [0, 0.05) is 12.5 Å². The fraction of sp³-hybridized carbons (Fsp3) is 0.630. The van der Waals surface area contributed by atoms with Gasteiger partial charge in [-0.1, -0.05) is 108 Å². The number of carboxylic acid groups (broad SMARTS) is 1. The summed E-state index contributed by atoms with van der Waals surface area (Å²) in [6.45, 7) is 0. The van der Waals surface area contributed by atoms with Crippen molar-refractivity contribution in [2.75, 3.05) is 0 Å². The summed E-state index contributed by atoms with van der Waals surface area (Å²) in [5.41, 5.74) is 0. The van der Waals surface area contributed by atoms with Crippen LogP contribution in [0.25, 0.3) is 0 Å². The van der Waals surface area contributed by atoms with Crippen LogP contribution in [-0.2, 0) is 9.59 Å². The Morgan fingerprint density at radius 3 is 1.61 bits per heavy atom. The molecule has 0 amide bonds. The van der Waals surface area contributed by atoms with E-state index in [2.05, 4.69) is 0 Å². The van der Waals surface area contributed by atoms with Crippen molar-refractivity contribution in [3.63, 3.8) is 0 Å². The molecule has 174 valence electrons. The number of carboxylic acids is 1. The third-order valence-corrected chi connectivity index (χ3v) is 5.48. The van der Waals surface area contributed by atoms with E-state index in [0.717, 1.165) is 25.7 Å². The first-order valence-electron chi connectivity index (χ1n) is 12.3. The van der Waals surface area contributed by atoms with E-state index in [1.807, 2.05) is 24.3 Å². The number of hydrogen-bond donors (Lipinski definition) is 1. The Morgan fingerprint density at radius 1 is 0.677 bits per heavy atom. The summed E-state index contributed by atoms with van der Waals surface area (Å²) in [4.78, 5) is 22.1. The average Bonchev–Trinajstić information content (AvgIpc) is 2.76. The van der Waals surface area contributed by atoms with Crippen LogP contribution in [0.2, 0.25) is 0 Å². The van der Waals surface area contributed by atoms with Gasteiger partial charge in [-0.2, -0.15) is 0 Å². The van der Waals surface area contributed by atoms with Gasteiger partial charge in [0.15, 0.2) is 0 Å². The minimum absolute atomic E-state index is 0.304. The molecule has 0 saturated heterocycles. The van der Waals surface area contributed by atoms with E-state index in [1.165, 1.54) is 83.1 Å².